The average Bonchev–Trinajstić information content (AvgIpc) is 3.35. The zero-order valence-corrected chi connectivity index (χ0v) is 22.6. The van der Waals surface area contributed by atoms with Crippen LogP contribution in [0.1, 0.15) is 73.9 Å². The molecule has 1 unspecified atom stereocenters. The molecule has 0 bridgehead atoms. The van der Waals surface area contributed by atoms with Crippen LogP contribution in [0.25, 0.3) is 6.08 Å². The number of ether oxygens (including phenoxy) is 1. The summed E-state index contributed by atoms with van der Waals surface area (Å²) in [6.45, 7) is 7.68. The van der Waals surface area contributed by atoms with Crippen LogP contribution in [0.5, 0.6) is 0 Å². The molecule has 9 heteroatoms. The largest absolute Gasteiger partial charge is 0.460 e. The van der Waals surface area contributed by atoms with Crippen LogP contribution in [0.2, 0.25) is 0 Å². The molecule has 0 spiro atoms. The normalized spacial score (nSPS) is 12.4. The molecule has 0 fully saturated rings. The predicted molar refractivity (Wildman–Crippen MR) is 140 cm³/mol. The number of aromatic nitrogens is 1. The molecule has 0 aliphatic heterocycles. The number of likely N-dealkylation sites (N-methyl/N-ethyl adjacent to an activating group) is 1. The monoisotopic (exact) mass is 510 g/mol. The van der Waals surface area contributed by atoms with Gasteiger partial charge in [-0.05, 0) is 51.0 Å². The van der Waals surface area contributed by atoms with Gasteiger partial charge < -0.3 is 14.5 Å². The Balaban J connectivity index is 2.12. The van der Waals surface area contributed by atoms with Crippen LogP contribution in [0.15, 0.2) is 41.4 Å². The minimum Gasteiger partial charge on any atom is -0.460 e. The molecule has 1 atom stereocenters. The fraction of sp³-hybridized carbons (Fsp3) is 0.444. The molecule has 1 aromatic carbocycles. The summed E-state index contributed by atoms with van der Waals surface area (Å²) in [6.07, 6.45) is 4.76. The number of hydrogen-bond donors (Lipinski definition) is 0. The second-order valence-electron chi connectivity index (χ2n) is 9.45. The first-order chi connectivity index (χ1) is 17.0. The fourth-order valence-corrected chi connectivity index (χ4v) is 4.15. The van der Waals surface area contributed by atoms with Crippen molar-refractivity contribution in [3.63, 3.8) is 0 Å². The van der Waals surface area contributed by atoms with Crippen LogP contribution in [0.3, 0.4) is 0 Å². The maximum absolute atomic E-state index is 13.1. The summed E-state index contributed by atoms with van der Waals surface area (Å²) in [4.78, 5) is 45.0. The van der Waals surface area contributed by atoms with Crippen LogP contribution < -0.4 is 0 Å². The van der Waals surface area contributed by atoms with E-state index in [4.69, 9.17) is 4.74 Å². The highest BCUT2D eigenvalue weighted by molar-refractivity contribution is 7.10. The summed E-state index contributed by atoms with van der Waals surface area (Å²) in [6, 6.07) is 8.83. The van der Waals surface area contributed by atoms with Gasteiger partial charge in [-0.15, -0.1) is 11.3 Å². The Morgan fingerprint density at radius 2 is 1.86 bits per heavy atom. The predicted octanol–water partition coefficient (Wildman–Crippen LogP) is 4.85. The van der Waals surface area contributed by atoms with Crippen molar-refractivity contribution in [1.29, 1.82) is 5.26 Å². The van der Waals surface area contributed by atoms with E-state index in [0.29, 0.717) is 17.0 Å². The zero-order chi connectivity index (χ0) is 26.9. The van der Waals surface area contributed by atoms with Gasteiger partial charge in [0.1, 0.15) is 22.3 Å². The Bertz CT molecular complexity index is 1110. The smallest absolute Gasteiger partial charge is 0.308 e. The molecule has 0 saturated carbocycles. The van der Waals surface area contributed by atoms with E-state index in [1.165, 1.54) is 22.3 Å². The summed E-state index contributed by atoms with van der Waals surface area (Å²) < 4.78 is 5.30. The first kappa shape index (κ1) is 28.7. The van der Waals surface area contributed by atoms with Gasteiger partial charge >= 0.3 is 5.97 Å². The Morgan fingerprint density at radius 1 is 1.19 bits per heavy atom. The minimum atomic E-state index is -0.566. The van der Waals surface area contributed by atoms with Crippen LogP contribution in [0.4, 0.5) is 0 Å². The summed E-state index contributed by atoms with van der Waals surface area (Å²) >= 11 is 1.35. The number of carbonyl (C=O) groups is 3. The minimum absolute atomic E-state index is 0.0203. The molecule has 2 amide bonds. The zero-order valence-electron chi connectivity index (χ0n) is 21.8. The third kappa shape index (κ3) is 8.31. The number of nitriles is 1. The molecule has 0 radical (unpaired) electrons. The van der Waals surface area contributed by atoms with E-state index in [2.05, 4.69) is 4.98 Å². The summed E-state index contributed by atoms with van der Waals surface area (Å²) in [5, 5.41) is 11.9. The molecule has 1 aromatic heterocycles. The van der Waals surface area contributed by atoms with Gasteiger partial charge in [-0.2, -0.15) is 5.26 Å². The Kier molecular flexibility index (Phi) is 10.4. The van der Waals surface area contributed by atoms with Gasteiger partial charge in [-0.1, -0.05) is 25.5 Å². The lowest BCUT2D eigenvalue weighted by molar-refractivity contribution is -0.155. The van der Waals surface area contributed by atoms with Crippen molar-refractivity contribution in [3.8, 4) is 6.07 Å². The number of nitrogens with zero attached hydrogens (tertiary/aromatic N) is 4. The van der Waals surface area contributed by atoms with E-state index in [9.17, 15) is 19.6 Å². The average molecular weight is 511 g/mol. The molecule has 192 valence electrons. The standard InChI is InChI=1S/C27H34N4O4S/c1-7-8-22(31(6)26(34)21(18-28)17-23-29-14-16-36-23)19-9-11-20(12-10-19)25(33)30(5)15-13-24(32)35-27(2,3)4/h9-12,14,16-17,22H,7-8,13,15H2,1-6H3/b21-17+. The first-order valence-electron chi connectivity index (χ1n) is 11.8. The molecule has 1 heterocycles. The van der Waals surface area contributed by atoms with E-state index in [1.54, 1.807) is 63.5 Å². The number of rotatable bonds is 10. The van der Waals surface area contributed by atoms with Crippen molar-refractivity contribution in [3.05, 3.63) is 57.6 Å². The Labute approximate surface area is 217 Å². The maximum atomic E-state index is 13.1. The van der Waals surface area contributed by atoms with Crippen molar-refractivity contribution in [2.24, 2.45) is 0 Å². The third-order valence-electron chi connectivity index (χ3n) is 5.38. The molecule has 8 nitrogen and oxygen atoms in total. The molecule has 0 aliphatic rings. The highest BCUT2D eigenvalue weighted by Gasteiger charge is 2.25. The molecule has 2 aromatic rings. The third-order valence-corrected chi connectivity index (χ3v) is 6.10. The van der Waals surface area contributed by atoms with Gasteiger partial charge in [0.2, 0.25) is 0 Å². The second kappa shape index (κ2) is 13.0. The maximum Gasteiger partial charge on any atom is 0.308 e. The van der Waals surface area contributed by atoms with E-state index in [-0.39, 0.29) is 42.4 Å². The molecular formula is C27H34N4O4S. The lowest BCUT2D eigenvalue weighted by Gasteiger charge is -2.28. The second-order valence-corrected chi connectivity index (χ2v) is 10.4. The molecule has 0 aliphatic carbocycles. The Morgan fingerprint density at radius 3 is 2.39 bits per heavy atom. The number of hydrogen-bond acceptors (Lipinski definition) is 7. The topological polar surface area (TPSA) is 104 Å². The van der Waals surface area contributed by atoms with Gasteiger partial charge in [0.15, 0.2) is 0 Å². The first-order valence-corrected chi connectivity index (χ1v) is 12.7. The van der Waals surface area contributed by atoms with Gasteiger partial charge in [-0.3, -0.25) is 14.4 Å². The quantitative estimate of drug-likeness (QED) is 0.257. The molecular weight excluding hydrogens is 476 g/mol. The van der Waals surface area contributed by atoms with E-state index >= 15 is 0 Å². The molecule has 2 rings (SSSR count). The Hall–Kier alpha value is -3.51. The van der Waals surface area contributed by atoms with E-state index in [0.717, 1.165) is 12.0 Å². The van der Waals surface area contributed by atoms with Crippen LogP contribution in [-0.4, -0.2) is 58.8 Å². The van der Waals surface area contributed by atoms with Crippen molar-refractivity contribution in [2.75, 3.05) is 20.6 Å². The number of esters is 1. The van der Waals surface area contributed by atoms with Crippen LogP contribution in [0, 0.1) is 11.3 Å². The number of benzene rings is 1. The highest BCUT2D eigenvalue weighted by Crippen LogP contribution is 2.27. The van der Waals surface area contributed by atoms with Gasteiger partial charge in [0, 0.05) is 37.8 Å². The van der Waals surface area contributed by atoms with Crippen molar-refractivity contribution in [1.82, 2.24) is 14.8 Å². The summed E-state index contributed by atoms with van der Waals surface area (Å²) in [7, 11) is 3.32. The van der Waals surface area contributed by atoms with Crippen LogP contribution in [-0.2, 0) is 14.3 Å². The SMILES string of the molecule is CCCC(c1ccc(C(=O)N(C)CCC(=O)OC(C)(C)C)cc1)N(C)C(=O)/C(C#N)=C/c1nccs1. The number of amides is 2. The van der Waals surface area contributed by atoms with Crippen molar-refractivity contribution < 1.29 is 19.1 Å². The van der Waals surface area contributed by atoms with Gasteiger partial charge in [-0.25, -0.2) is 4.98 Å². The van der Waals surface area contributed by atoms with E-state index < -0.39 is 5.60 Å². The lowest BCUT2D eigenvalue weighted by atomic mass is 9.98. The number of thiazole rings is 1. The summed E-state index contributed by atoms with van der Waals surface area (Å²) in [5.41, 5.74) is 0.805. The fourth-order valence-electron chi connectivity index (χ4n) is 3.58. The number of carbonyl (C=O) groups excluding carboxylic acids is 3. The molecule has 0 N–H and O–H groups in total. The molecule has 36 heavy (non-hydrogen) atoms. The highest BCUT2D eigenvalue weighted by atomic mass is 32.1. The van der Waals surface area contributed by atoms with E-state index in [1.807, 2.05) is 25.1 Å². The summed E-state index contributed by atoms with van der Waals surface area (Å²) in [5.74, 6) is -0.943. The van der Waals surface area contributed by atoms with Crippen LogP contribution >= 0.6 is 11.3 Å². The van der Waals surface area contributed by atoms with Crippen molar-refractivity contribution >= 4 is 35.2 Å². The van der Waals surface area contributed by atoms with Crippen molar-refractivity contribution in [2.45, 2.75) is 58.6 Å². The molecule has 0 saturated heterocycles. The van der Waals surface area contributed by atoms with Gasteiger partial charge in [0.05, 0.1) is 12.5 Å². The lowest BCUT2D eigenvalue weighted by Crippen LogP contribution is -2.32. The van der Waals surface area contributed by atoms with Gasteiger partial charge in [0.25, 0.3) is 11.8 Å².